The van der Waals surface area contributed by atoms with Gasteiger partial charge in [0.05, 0.1) is 0 Å². The molecular formula is H5Cl2NO3. The van der Waals surface area contributed by atoms with E-state index in [4.69, 9.17) is 14.0 Å². The van der Waals surface area contributed by atoms with Crippen LogP contribution in [-0.4, -0.2) is 4.66 Å². The molecule has 0 radical (unpaired) electrons. The average Bonchev–Trinajstić information content (AvgIpc) is 0.811. The number of halogens is 2. The van der Waals surface area contributed by atoms with E-state index >= 15 is 0 Å². The van der Waals surface area contributed by atoms with Crippen LogP contribution in [0.2, 0.25) is 0 Å². The highest BCUT2D eigenvalue weighted by Crippen LogP contribution is 1.38. The van der Waals surface area contributed by atoms with E-state index in [9.17, 15) is 0 Å². The zero-order chi connectivity index (χ0) is 3.58. The van der Waals surface area contributed by atoms with Crippen LogP contribution in [0.15, 0.2) is 0 Å². The fourth-order valence-electron chi connectivity index (χ4n) is 0. The Morgan fingerprint density at radius 2 is 1.33 bits per heavy atom. The monoisotopic (exact) mass is 137 g/mol. The highest BCUT2D eigenvalue weighted by atomic mass is 35.6. The van der Waals surface area contributed by atoms with E-state index in [2.05, 4.69) is 0 Å². The number of quaternary nitrogens is 1. The van der Waals surface area contributed by atoms with Gasteiger partial charge in [-0.15, -0.1) is 0 Å². The molecule has 4 nitrogen and oxygen atoms in total. The summed E-state index contributed by atoms with van der Waals surface area (Å²) in [6.07, 6.45) is 0. The van der Waals surface area contributed by atoms with Gasteiger partial charge >= 0.3 is 0 Å². The molecule has 6 heteroatoms. The van der Waals surface area contributed by atoms with Crippen molar-refractivity contribution in [3.8, 4) is 0 Å². The molecule has 0 aliphatic heterocycles. The molecule has 0 rings (SSSR count). The summed E-state index contributed by atoms with van der Waals surface area (Å²) in [4.78, 5) is 0. The van der Waals surface area contributed by atoms with E-state index < -0.39 is 10.8 Å². The second-order valence-corrected chi connectivity index (χ2v) is 0.603. The molecule has 0 saturated heterocycles. The van der Waals surface area contributed by atoms with Crippen molar-refractivity contribution in [2.24, 2.45) is 0 Å². The molecule has 0 aromatic carbocycles. The fourth-order valence-corrected chi connectivity index (χ4v) is 0. The molecule has 0 atom stereocenters. The van der Waals surface area contributed by atoms with Crippen molar-refractivity contribution in [2.75, 3.05) is 0 Å². The molecule has 0 fully saturated rings. The Labute approximate surface area is 44.2 Å². The third kappa shape index (κ3) is 293. The zero-order valence-corrected chi connectivity index (χ0v) is 4.53. The second kappa shape index (κ2) is 9.05. The van der Waals surface area contributed by atoms with Crippen LogP contribution in [0, 0.1) is 10.8 Å². The van der Waals surface area contributed by atoms with Gasteiger partial charge in [0, 0.05) is 4.66 Å². The van der Waals surface area contributed by atoms with Crippen molar-refractivity contribution in [3.05, 3.63) is 0 Å². The van der Waals surface area contributed by atoms with Crippen molar-refractivity contribution < 1.29 is 37.2 Å². The Kier molecular flexibility index (Phi) is 24.3. The Morgan fingerprint density at radius 3 is 1.33 bits per heavy atom. The van der Waals surface area contributed by atoms with Crippen LogP contribution in [-0.2, 0) is 0 Å². The van der Waals surface area contributed by atoms with E-state index in [1.807, 2.05) is 0 Å². The quantitative estimate of drug-likeness (QED) is 0.348. The third-order valence-corrected chi connectivity index (χ3v) is 0. The summed E-state index contributed by atoms with van der Waals surface area (Å²) >= 11 is 0. The van der Waals surface area contributed by atoms with Gasteiger partial charge in [-0.05, 0) is 0 Å². The predicted octanol–water partition coefficient (Wildman–Crippen LogP) is -5.55. The maximum Gasteiger partial charge on any atom is 0.282 e. The molecule has 5 N–H and O–H groups in total. The van der Waals surface area contributed by atoms with Crippen LogP contribution < -0.4 is 27.9 Å². The zero-order valence-electron chi connectivity index (χ0n) is 3.02. The minimum atomic E-state index is -2.60. The summed E-state index contributed by atoms with van der Waals surface area (Å²) in [5, 5.41) is 0. The van der Waals surface area contributed by atoms with Gasteiger partial charge in [0.1, 0.15) is 0 Å². The molecule has 0 spiro atoms. The van der Waals surface area contributed by atoms with E-state index in [0.29, 0.717) is 0 Å². The summed E-state index contributed by atoms with van der Waals surface area (Å²) < 4.78 is 24.0. The molecule has 0 aromatic heterocycles. The van der Waals surface area contributed by atoms with Gasteiger partial charge in [-0.25, -0.2) is 0 Å². The van der Waals surface area contributed by atoms with Gasteiger partial charge in [0.2, 0.25) is 0 Å². The molecule has 6 heavy (non-hydrogen) atoms. The van der Waals surface area contributed by atoms with E-state index in [0.717, 1.165) is 0 Å². The molecular weight excluding hydrogens is 133 g/mol. The first-order valence-electron chi connectivity index (χ1n) is 0.478. The fraction of sp³-hybridized carbons (Fsp3) is 0. The van der Waals surface area contributed by atoms with Crippen LogP contribution in [0.1, 0.15) is 0 Å². The lowest BCUT2D eigenvalue weighted by Crippen LogP contribution is -3.00. The minimum absolute atomic E-state index is 0. The molecule has 0 aromatic rings. The smallest absolute Gasteiger partial charge is 0.282 e. The van der Waals surface area contributed by atoms with Crippen LogP contribution in [0.25, 0.3) is 0 Å². The molecule has 0 saturated carbocycles. The van der Waals surface area contributed by atoms with Gasteiger partial charge in [0.15, 0.2) is 0 Å². The van der Waals surface area contributed by atoms with Crippen molar-refractivity contribution >= 4 is 0 Å². The lowest BCUT2D eigenvalue weighted by atomic mass is 14.0. The Bertz CT molecular complexity index is 13.5. The first-order valence-corrected chi connectivity index (χ1v) is 1.43. The van der Waals surface area contributed by atoms with Gasteiger partial charge < -0.3 is 27.9 Å². The van der Waals surface area contributed by atoms with Crippen molar-refractivity contribution in [1.29, 1.82) is 0 Å². The first kappa shape index (κ1) is 16.1. The van der Waals surface area contributed by atoms with Crippen LogP contribution in [0.3, 0.4) is 0 Å². The first-order chi connectivity index (χ1) is 1.73. The molecule has 0 aliphatic rings. The predicted molar refractivity (Wildman–Crippen MR) is 8.20 cm³/mol. The molecule has 0 bridgehead atoms. The minimum Gasteiger partial charge on any atom is -1.00 e. The third-order valence-electron chi connectivity index (χ3n) is 0. The molecule has 0 aliphatic carbocycles. The molecule has 0 unspecified atom stereocenters. The van der Waals surface area contributed by atoms with Crippen molar-refractivity contribution in [2.45, 2.75) is 0 Å². The van der Waals surface area contributed by atoms with Crippen LogP contribution in [0.5, 0.6) is 0 Å². The average molecular weight is 138 g/mol. The van der Waals surface area contributed by atoms with Gasteiger partial charge in [-0.1, -0.05) is 0 Å². The van der Waals surface area contributed by atoms with Crippen molar-refractivity contribution in [3.63, 3.8) is 0 Å². The Balaban J connectivity index is -0.0000000450. The second-order valence-electron chi connectivity index (χ2n) is 0.201. The largest absolute Gasteiger partial charge is 1.00 e. The topological polar surface area (TPSA) is 103 Å². The SMILES string of the molecule is [Cl-].[NH4+].[O-][Cl+2]([O-])O. The van der Waals surface area contributed by atoms with E-state index in [1.54, 1.807) is 0 Å². The van der Waals surface area contributed by atoms with Crippen LogP contribution >= 0.6 is 0 Å². The lowest BCUT2D eigenvalue weighted by molar-refractivity contribution is -1.63. The highest BCUT2D eigenvalue weighted by molar-refractivity contribution is 2.13. The Hall–Kier alpha value is 0.420. The number of hydrogen-bond acceptors (Lipinski definition) is 3. The number of rotatable bonds is 0. The summed E-state index contributed by atoms with van der Waals surface area (Å²) in [6, 6.07) is 0. The number of hydrogen-bond donors (Lipinski definition) is 2. The molecule has 0 heterocycles. The van der Waals surface area contributed by atoms with Crippen molar-refractivity contribution in [1.82, 2.24) is 6.15 Å². The molecule has 0 amide bonds. The normalized spacial score (nSPS) is 6.00. The molecule has 42 valence electrons. The highest BCUT2D eigenvalue weighted by Gasteiger charge is 1.79. The maximum absolute atomic E-state index is 8.52. The van der Waals surface area contributed by atoms with Gasteiger partial charge in [-0.2, -0.15) is 0 Å². The summed E-state index contributed by atoms with van der Waals surface area (Å²) in [5.74, 6) is 0. The lowest BCUT2D eigenvalue weighted by Gasteiger charge is -1.72. The van der Waals surface area contributed by atoms with Gasteiger partial charge in [-0.3, -0.25) is 0 Å². The van der Waals surface area contributed by atoms with E-state index in [-0.39, 0.29) is 18.6 Å². The van der Waals surface area contributed by atoms with Gasteiger partial charge in [0.25, 0.3) is 10.8 Å². The standard InChI is InChI=1S/ClHO3.ClH.H3N/c2-1(3)4;;/h2H;1H;1H3. The summed E-state index contributed by atoms with van der Waals surface area (Å²) in [5.41, 5.74) is 0. The summed E-state index contributed by atoms with van der Waals surface area (Å²) in [7, 11) is -2.60. The Morgan fingerprint density at radius 1 is 1.33 bits per heavy atom. The van der Waals surface area contributed by atoms with E-state index in [1.165, 1.54) is 0 Å². The van der Waals surface area contributed by atoms with Crippen LogP contribution in [0.4, 0.5) is 0 Å². The maximum atomic E-state index is 8.52. The summed E-state index contributed by atoms with van der Waals surface area (Å²) in [6.45, 7) is 0.